The standard InChI is InChI=1S/C11H9F3N4OS/c1-19-8-4-2-7(3-5-8)6-15-18-9(11(12,13)14)16-17-10(18)20/h2-6H,1H3,(H,17,20)/b15-6+. The molecule has 0 saturated heterocycles. The lowest BCUT2D eigenvalue weighted by Crippen LogP contribution is -2.12. The van der Waals surface area contributed by atoms with Crippen LogP contribution in [0.2, 0.25) is 0 Å². The predicted octanol–water partition coefficient (Wildman–Crippen LogP) is 2.85. The molecule has 0 fully saturated rings. The van der Waals surface area contributed by atoms with E-state index >= 15 is 0 Å². The van der Waals surface area contributed by atoms with Crippen LogP contribution in [0.4, 0.5) is 13.2 Å². The molecule has 5 nitrogen and oxygen atoms in total. The summed E-state index contributed by atoms with van der Waals surface area (Å²) in [5, 5.41) is 8.86. The molecule has 0 saturated carbocycles. The van der Waals surface area contributed by atoms with E-state index < -0.39 is 12.0 Å². The molecular weight excluding hydrogens is 293 g/mol. The Morgan fingerprint density at radius 2 is 2.00 bits per heavy atom. The Labute approximate surface area is 116 Å². The Morgan fingerprint density at radius 3 is 2.55 bits per heavy atom. The Kier molecular flexibility index (Phi) is 3.89. The second kappa shape index (κ2) is 5.45. The summed E-state index contributed by atoms with van der Waals surface area (Å²) < 4.78 is 43.2. The molecule has 0 atom stereocenters. The van der Waals surface area contributed by atoms with E-state index in [0.29, 0.717) is 16.0 Å². The molecule has 1 aromatic heterocycles. The van der Waals surface area contributed by atoms with E-state index in [1.54, 1.807) is 24.3 Å². The summed E-state index contributed by atoms with van der Waals surface area (Å²) in [5.74, 6) is -0.565. The number of rotatable bonds is 3. The van der Waals surface area contributed by atoms with Gasteiger partial charge < -0.3 is 4.74 Å². The molecule has 0 spiro atoms. The van der Waals surface area contributed by atoms with Gasteiger partial charge in [0.25, 0.3) is 5.82 Å². The van der Waals surface area contributed by atoms with Gasteiger partial charge in [0.1, 0.15) is 5.75 Å². The molecule has 2 aromatic rings. The van der Waals surface area contributed by atoms with Gasteiger partial charge in [0.2, 0.25) is 4.77 Å². The molecule has 0 aliphatic carbocycles. The molecule has 106 valence electrons. The summed E-state index contributed by atoms with van der Waals surface area (Å²) in [7, 11) is 1.52. The van der Waals surface area contributed by atoms with Gasteiger partial charge in [-0.1, -0.05) is 0 Å². The van der Waals surface area contributed by atoms with Gasteiger partial charge in [0, 0.05) is 0 Å². The number of benzene rings is 1. The van der Waals surface area contributed by atoms with E-state index in [4.69, 9.17) is 17.0 Å². The van der Waals surface area contributed by atoms with Crippen LogP contribution in [-0.4, -0.2) is 28.2 Å². The van der Waals surface area contributed by atoms with Crippen LogP contribution in [0.15, 0.2) is 29.4 Å². The zero-order valence-corrected chi connectivity index (χ0v) is 11.0. The van der Waals surface area contributed by atoms with Crippen molar-refractivity contribution in [2.45, 2.75) is 6.18 Å². The molecule has 0 aliphatic rings. The minimum absolute atomic E-state index is 0.234. The molecule has 2 rings (SSSR count). The lowest BCUT2D eigenvalue weighted by Gasteiger charge is -2.04. The van der Waals surface area contributed by atoms with Crippen molar-refractivity contribution in [3.05, 3.63) is 40.4 Å². The van der Waals surface area contributed by atoms with Crippen LogP contribution in [0, 0.1) is 4.77 Å². The smallest absolute Gasteiger partial charge is 0.453 e. The zero-order chi connectivity index (χ0) is 14.8. The zero-order valence-electron chi connectivity index (χ0n) is 10.2. The number of alkyl halides is 3. The molecule has 9 heteroatoms. The Balaban J connectivity index is 2.31. The summed E-state index contributed by atoms with van der Waals surface area (Å²) in [6.07, 6.45) is -3.38. The molecular formula is C11H9F3N4OS. The van der Waals surface area contributed by atoms with Crippen LogP contribution >= 0.6 is 12.2 Å². The lowest BCUT2D eigenvalue weighted by atomic mass is 10.2. The number of nitrogens with one attached hydrogen (secondary N) is 1. The predicted molar refractivity (Wildman–Crippen MR) is 68.4 cm³/mol. The van der Waals surface area contributed by atoms with E-state index in [1.807, 2.05) is 0 Å². The van der Waals surface area contributed by atoms with Crippen molar-refractivity contribution in [1.29, 1.82) is 0 Å². The van der Waals surface area contributed by atoms with E-state index in [0.717, 1.165) is 0 Å². The fraction of sp³-hybridized carbons (Fsp3) is 0.182. The molecule has 0 unspecified atom stereocenters. The second-order valence-electron chi connectivity index (χ2n) is 3.68. The second-order valence-corrected chi connectivity index (χ2v) is 4.07. The van der Waals surface area contributed by atoms with E-state index in [2.05, 4.69) is 15.3 Å². The monoisotopic (exact) mass is 302 g/mol. The maximum atomic E-state index is 12.6. The van der Waals surface area contributed by atoms with Gasteiger partial charge >= 0.3 is 6.18 Å². The highest BCUT2D eigenvalue weighted by molar-refractivity contribution is 7.71. The first kappa shape index (κ1) is 14.3. The van der Waals surface area contributed by atoms with Crippen LogP contribution in [0.3, 0.4) is 0 Å². The van der Waals surface area contributed by atoms with Gasteiger partial charge in [0.05, 0.1) is 13.3 Å². The van der Waals surface area contributed by atoms with Crippen LogP contribution in [0.1, 0.15) is 11.4 Å². The highest BCUT2D eigenvalue weighted by Gasteiger charge is 2.37. The highest BCUT2D eigenvalue weighted by atomic mass is 32.1. The van der Waals surface area contributed by atoms with Crippen molar-refractivity contribution in [2.75, 3.05) is 7.11 Å². The summed E-state index contributed by atoms with van der Waals surface area (Å²) in [6.45, 7) is 0. The van der Waals surface area contributed by atoms with Crippen LogP contribution < -0.4 is 4.74 Å². The van der Waals surface area contributed by atoms with E-state index in [9.17, 15) is 13.2 Å². The number of hydrogen-bond acceptors (Lipinski definition) is 4. The molecule has 0 bridgehead atoms. The normalized spacial score (nSPS) is 12.0. The van der Waals surface area contributed by atoms with Gasteiger partial charge in [-0.15, -0.1) is 5.10 Å². The van der Waals surface area contributed by atoms with Crippen LogP contribution in [0.5, 0.6) is 5.75 Å². The Hall–Kier alpha value is -2.16. The Morgan fingerprint density at radius 1 is 1.35 bits per heavy atom. The van der Waals surface area contributed by atoms with Crippen molar-refractivity contribution in [2.24, 2.45) is 5.10 Å². The van der Waals surface area contributed by atoms with Crippen LogP contribution in [-0.2, 0) is 6.18 Å². The van der Waals surface area contributed by atoms with Crippen molar-refractivity contribution in [1.82, 2.24) is 14.9 Å². The number of halogens is 3. The number of ether oxygens (including phenoxy) is 1. The quantitative estimate of drug-likeness (QED) is 0.700. The van der Waals surface area contributed by atoms with E-state index in [-0.39, 0.29) is 4.77 Å². The molecule has 1 N–H and O–H groups in total. The number of hydrogen-bond donors (Lipinski definition) is 1. The van der Waals surface area contributed by atoms with Gasteiger partial charge in [-0.2, -0.15) is 22.9 Å². The highest BCUT2D eigenvalue weighted by Crippen LogP contribution is 2.27. The van der Waals surface area contributed by atoms with Gasteiger partial charge in [0.15, 0.2) is 0 Å². The lowest BCUT2D eigenvalue weighted by molar-refractivity contribution is -0.147. The first-order valence-electron chi connectivity index (χ1n) is 5.35. The molecule has 20 heavy (non-hydrogen) atoms. The third-order valence-corrected chi connectivity index (χ3v) is 2.61. The number of nitrogens with zero attached hydrogens (tertiary/aromatic N) is 3. The maximum Gasteiger partial charge on any atom is 0.453 e. The van der Waals surface area contributed by atoms with Crippen LogP contribution in [0.25, 0.3) is 0 Å². The third kappa shape index (κ3) is 3.05. The van der Waals surface area contributed by atoms with Crippen molar-refractivity contribution < 1.29 is 17.9 Å². The van der Waals surface area contributed by atoms with E-state index in [1.165, 1.54) is 13.3 Å². The average molecular weight is 302 g/mol. The van der Waals surface area contributed by atoms with Crippen molar-refractivity contribution in [3.8, 4) is 5.75 Å². The van der Waals surface area contributed by atoms with Gasteiger partial charge in [-0.3, -0.25) is 0 Å². The number of H-pyrrole nitrogens is 1. The summed E-state index contributed by atoms with van der Waals surface area (Å²) in [6, 6.07) is 6.64. The molecule has 0 aliphatic heterocycles. The molecule has 0 amide bonds. The fourth-order valence-corrected chi connectivity index (χ4v) is 1.58. The molecule has 1 aromatic carbocycles. The SMILES string of the molecule is COc1ccc(/C=N/n2c(C(F)(F)F)n[nH]c2=S)cc1. The first-order chi connectivity index (χ1) is 9.41. The van der Waals surface area contributed by atoms with Gasteiger partial charge in [-0.05, 0) is 42.0 Å². The fourth-order valence-electron chi connectivity index (χ4n) is 1.40. The number of methoxy groups -OCH3 is 1. The van der Waals surface area contributed by atoms with Gasteiger partial charge in [-0.25, -0.2) is 5.10 Å². The summed E-state index contributed by atoms with van der Waals surface area (Å²) in [4.78, 5) is 0. The molecule has 1 heterocycles. The summed E-state index contributed by atoms with van der Waals surface area (Å²) >= 11 is 4.71. The summed E-state index contributed by atoms with van der Waals surface area (Å²) in [5.41, 5.74) is 0.599. The first-order valence-corrected chi connectivity index (χ1v) is 5.75. The molecule has 0 radical (unpaired) electrons. The minimum atomic E-state index is -4.63. The number of aromatic amines is 1. The van der Waals surface area contributed by atoms with Crippen molar-refractivity contribution in [3.63, 3.8) is 0 Å². The minimum Gasteiger partial charge on any atom is -0.497 e. The largest absolute Gasteiger partial charge is 0.497 e. The maximum absolute atomic E-state index is 12.6. The number of aromatic nitrogens is 3. The third-order valence-electron chi connectivity index (χ3n) is 2.34. The average Bonchev–Trinajstić information content (AvgIpc) is 2.78. The van der Waals surface area contributed by atoms with Crippen molar-refractivity contribution >= 4 is 18.4 Å². The topological polar surface area (TPSA) is 55.2 Å². The Bertz CT molecular complexity index is 672.